The number of hydrogen-bond acceptors (Lipinski definition) is 7. The molecule has 2 amide bonds. The highest BCUT2D eigenvalue weighted by atomic mass is 32.2. The zero-order valence-corrected chi connectivity index (χ0v) is 23.4. The molecule has 1 aliphatic heterocycles. The Morgan fingerprint density at radius 3 is 2.42 bits per heavy atom. The topological polar surface area (TPSA) is 105 Å². The smallest absolute Gasteiger partial charge is 0.323 e. The highest BCUT2D eigenvalue weighted by Crippen LogP contribution is 2.37. The molecule has 0 aliphatic carbocycles. The van der Waals surface area contributed by atoms with E-state index in [4.69, 9.17) is 26.8 Å². The van der Waals surface area contributed by atoms with Crippen LogP contribution >= 0.6 is 24.0 Å². The number of benzene rings is 3. The third-order valence-corrected chi connectivity index (χ3v) is 7.18. The Morgan fingerprint density at radius 1 is 1.05 bits per heavy atom. The highest BCUT2D eigenvalue weighted by Gasteiger charge is 2.33. The third-order valence-electron chi connectivity index (χ3n) is 5.80. The summed E-state index contributed by atoms with van der Waals surface area (Å²) in [6, 6.07) is 24.0. The molecule has 206 valence electrons. The molecule has 1 atom stereocenters. The second kappa shape index (κ2) is 13.8. The zero-order chi connectivity index (χ0) is 28.5. The molecule has 10 heteroatoms. The van der Waals surface area contributed by atoms with Crippen LogP contribution in [-0.2, 0) is 21.0 Å². The SMILES string of the molecule is CCCNC(=O)C(Oc1cc(C=C2SC(=S)N(CC(=O)O)C2=O)ccc1OCc1ccccc1)c1ccccc1. The number of amides is 2. The summed E-state index contributed by atoms with van der Waals surface area (Å²) in [5.74, 6) is -1.19. The van der Waals surface area contributed by atoms with Crippen molar-refractivity contribution >= 4 is 52.2 Å². The summed E-state index contributed by atoms with van der Waals surface area (Å²) in [5.41, 5.74) is 2.23. The van der Waals surface area contributed by atoms with Gasteiger partial charge in [0.05, 0.1) is 4.91 Å². The number of thioether (sulfide) groups is 1. The lowest BCUT2D eigenvalue weighted by Gasteiger charge is -2.21. The zero-order valence-electron chi connectivity index (χ0n) is 21.7. The van der Waals surface area contributed by atoms with E-state index >= 15 is 0 Å². The lowest BCUT2D eigenvalue weighted by atomic mass is 10.1. The molecule has 1 unspecified atom stereocenters. The van der Waals surface area contributed by atoms with Crippen LogP contribution in [-0.4, -0.2) is 45.2 Å². The van der Waals surface area contributed by atoms with Crippen molar-refractivity contribution in [1.29, 1.82) is 0 Å². The van der Waals surface area contributed by atoms with Gasteiger partial charge in [-0.15, -0.1) is 0 Å². The minimum absolute atomic E-state index is 0.176. The first-order valence-corrected chi connectivity index (χ1v) is 13.9. The number of carbonyl (C=O) groups is 3. The van der Waals surface area contributed by atoms with Gasteiger partial charge in [-0.1, -0.05) is 97.6 Å². The predicted octanol–water partition coefficient (Wildman–Crippen LogP) is 5.20. The van der Waals surface area contributed by atoms with Crippen molar-refractivity contribution in [3.63, 3.8) is 0 Å². The molecular formula is C30H28N2O6S2. The van der Waals surface area contributed by atoms with E-state index in [0.717, 1.165) is 28.6 Å². The second-order valence-electron chi connectivity index (χ2n) is 8.84. The molecule has 3 aromatic carbocycles. The average Bonchev–Trinajstić information content (AvgIpc) is 3.21. The van der Waals surface area contributed by atoms with E-state index < -0.39 is 24.5 Å². The van der Waals surface area contributed by atoms with Gasteiger partial charge in [0, 0.05) is 12.1 Å². The summed E-state index contributed by atoms with van der Waals surface area (Å²) in [6.45, 7) is 2.24. The van der Waals surface area contributed by atoms with Gasteiger partial charge in [0.25, 0.3) is 11.8 Å². The van der Waals surface area contributed by atoms with Crippen LogP contribution in [0.1, 0.15) is 36.1 Å². The van der Waals surface area contributed by atoms with Gasteiger partial charge in [-0.25, -0.2) is 0 Å². The molecule has 3 aromatic rings. The number of thiocarbonyl (C=S) groups is 1. The molecule has 1 fully saturated rings. The number of carboxylic acids is 1. The fourth-order valence-corrected chi connectivity index (χ4v) is 5.11. The molecule has 1 heterocycles. The maximum Gasteiger partial charge on any atom is 0.323 e. The largest absolute Gasteiger partial charge is 0.485 e. The van der Waals surface area contributed by atoms with Gasteiger partial charge >= 0.3 is 5.97 Å². The molecule has 0 aromatic heterocycles. The lowest BCUT2D eigenvalue weighted by Crippen LogP contribution is -2.33. The molecule has 8 nitrogen and oxygen atoms in total. The van der Waals surface area contributed by atoms with Crippen molar-refractivity contribution in [2.45, 2.75) is 26.1 Å². The molecule has 40 heavy (non-hydrogen) atoms. The number of ether oxygens (including phenoxy) is 2. The Morgan fingerprint density at radius 2 is 1.75 bits per heavy atom. The van der Waals surface area contributed by atoms with Crippen LogP contribution in [0.5, 0.6) is 11.5 Å². The second-order valence-corrected chi connectivity index (χ2v) is 10.5. The maximum atomic E-state index is 13.2. The Balaban J connectivity index is 1.68. The first-order chi connectivity index (χ1) is 19.4. The standard InChI is InChI=1S/C30H28N2O6S2/c1-2-15-31-28(35)27(22-11-7-4-8-12-22)38-24-16-21(13-14-23(24)37-19-20-9-5-3-6-10-20)17-25-29(36)32(18-26(33)34)30(39)40-25/h3-14,16-17,27H,2,15,18-19H2,1H3,(H,31,35)(H,33,34). The van der Waals surface area contributed by atoms with Crippen LogP contribution in [0.15, 0.2) is 83.8 Å². The molecule has 0 radical (unpaired) electrons. The Bertz CT molecular complexity index is 1410. The molecule has 0 saturated carbocycles. The van der Waals surface area contributed by atoms with Gasteiger partial charge in [0.2, 0.25) is 6.10 Å². The van der Waals surface area contributed by atoms with Crippen LogP contribution in [0, 0.1) is 0 Å². The van der Waals surface area contributed by atoms with Crippen LogP contribution < -0.4 is 14.8 Å². The molecule has 2 N–H and O–H groups in total. The Hall–Kier alpha value is -4.15. The van der Waals surface area contributed by atoms with E-state index in [-0.39, 0.29) is 21.7 Å². The minimum atomic E-state index is -1.15. The normalized spacial score (nSPS) is 14.7. The van der Waals surface area contributed by atoms with E-state index in [0.29, 0.717) is 29.2 Å². The van der Waals surface area contributed by atoms with Gasteiger partial charge in [0.1, 0.15) is 17.5 Å². The number of nitrogens with one attached hydrogen (secondary N) is 1. The maximum absolute atomic E-state index is 13.2. The van der Waals surface area contributed by atoms with E-state index in [9.17, 15) is 14.4 Å². The number of hydrogen-bond donors (Lipinski definition) is 2. The summed E-state index contributed by atoms with van der Waals surface area (Å²) in [7, 11) is 0. The molecule has 4 rings (SSSR count). The van der Waals surface area contributed by atoms with Crippen molar-refractivity contribution in [2.75, 3.05) is 13.1 Å². The summed E-state index contributed by atoms with van der Waals surface area (Å²) < 4.78 is 12.6. The molecular weight excluding hydrogens is 548 g/mol. The number of nitrogens with zero attached hydrogens (tertiary/aromatic N) is 1. The van der Waals surface area contributed by atoms with E-state index in [2.05, 4.69) is 5.32 Å². The highest BCUT2D eigenvalue weighted by molar-refractivity contribution is 8.26. The van der Waals surface area contributed by atoms with Crippen molar-refractivity contribution in [3.05, 3.63) is 100 Å². The van der Waals surface area contributed by atoms with Crippen molar-refractivity contribution in [3.8, 4) is 11.5 Å². The average molecular weight is 577 g/mol. The van der Waals surface area contributed by atoms with Gasteiger partial charge < -0.3 is 19.9 Å². The molecule has 0 spiro atoms. The fourth-order valence-electron chi connectivity index (χ4n) is 3.85. The number of aliphatic carboxylic acids is 1. The van der Waals surface area contributed by atoms with Crippen LogP contribution in [0.2, 0.25) is 0 Å². The predicted molar refractivity (Wildman–Crippen MR) is 158 cm³/mol. The summed E-state index contributed by atoms with van der Waals surface area (Å²) >= 11 is 6.24. The quantitative estimate of drug-likeness (QED) is 0.224. The first-order valence-electron chi connectivity index (χ1n) is 12.6. The third kappa shape index (κ3) is 7.49. The fraction of sp³-hybridized carbons (Fsp3) is 0.200. The number of rotatable bonds is 12. The molecule has 1 aliphatic rings. The number of carbonyl (C=O) groups excluding carboxylic acids is 2. The van der Waals surface area contributed by atoms with E-state index in [1.54, 1.807) is 24.3 Å². The van der Waals surface area contributed by atoms with Gasteiger partial charge in [-0.3, -0.25) is 19.3 Å². The lowest BCUT2D eigenvalue weighted by molar-refractivity contribution is -0.140. The molecule has 1 saturated heterocycles. The van der Waals surface area contributed by atoms with E-state index in [1.165, 1.54) is 0 Å². The van der Waals surface area contributed by atoms with Crippen molar-refractivity contribution in [1.82, 2.24) is 10.2 Å². The Labute approximate surface area is 242 Å². The number of carboxylic acid groups (broad SMARTS) is 1. The van der Waals surface area contributed by atoms with Crippen molar-refractivity contribution < 1.29 is 29.0 Å². The summed E-state index contributed by atoms with van der Waals surface area (Å²) in [4.78, 5) is 38.4. The summed E-state index contributed by atoms with van der Waals surface area (Å²) in [6.07, 6.45) is 1.44. The monoisotopic (exact) mass is 576 g/mol. The van der Waals surface area contributed by atoms with Crippen LogP contribution in [0.4, 0.5) is 0 Å². The van der Waals surface area contributed by atoms with Crippen LogP contribution in [0.3, 0.4) is 0 Å². The molecule has 0 bridgehead atoms. The van der Waals surface area contributed by atoms with Gasteiger partial charge in [0.15, 0.2) is 11.5 Å². The summed E-state index contributed by atoms with van der Waals surface area (Å²) in [5, 5.41) is 12.0. The Kier molecular flexibility index (Phi) is 9.93. The van der Waals surface area contributed by atoms with Gasteiger partial charge in [-0.2, -0.15) is 0 Å². The van der Waals surface area contributed by atoms with E-state index in [1.807, 2.05) is 67.6 Å². The van der Waals surface area contributed by atoms with Crippen LogP contribution in [0.25, 0.3) is 6.08 Å². The van der Waals surface area contributed by atoms with Gasteiger partial charge in [-0.05, 0) is 35.8 Å². The first kappa shape index (κ1) is 28.8. The minimum Gasteiger partial charge on any atom is -0.485 e. The van der Waals surface area contributed by atoms with Crippen molar-refractivity contribution in [2.24, 2.45) is 0 Å².